The molecule has 1 aliphatic rings. The van der Waals surface area contributed by atoms with Gasteiger partial charge in [0.25, 0.3) is 0 Å². The molecule has 1 aliphatic carbocycles. The Bertz CT molecular complexity index is 783. The maximum atomic E-state index is 12.1. The molecule has 0 atom stereocenters. The standard InChI is InChI=1S/C19H22N2O2/c1-12-4-8-17(18(22)10-12)20-19(23)9-5-15-11-13(2)21(14(15)3)16-6-7-16/h4-5,8-11,16,22H,6-7H2,1-3H3,(H,20,23)/b9-5+. The molecule has 1 saturated carbocycles. The first kappa shape index (κ1) is 15.4. The summed E-state index contributed by atoms with van der Waals surface area (Å²) in [6.45, 7) is 6.09. The number of amides is 1. The van der Waals surface area contributed by atoms with E-state index >= 15 is 0 Å². The number of phenolic OH excluding ortho intramolecular Hbond substituents is 1. The molecule has 2 aromatic rings. The molecule has 4 heteroatoms. The second-order valence-corrected chi connectivity index (χ2v) is 6.27. The van der Waals surface area contributed by atoms with Crippen LogP contribution < -0.4 is 5.32 Å². The Balaban J connectivity index is 1.72. The number of aromatic hydroxyl groups is 1. The number of hydrogen-bond donors (Lipinski definition) is 2. The van der Waals surface area contributed by atoms with E-state index in [0.29, 0.717) is 11.7 Å². The van der Waals surface area contributed by atoms with Gasteiger partial charge in [-0.3, -0.25) is 4.79 Å². The van der Waals surface area contributed by atoms with E-state index < -0.39 is 0 Å². The fourth-order valence-electron chi connectivity index (χ4n) is 2.95. The second kappa shape index (κ2) is 5.95. The van der Waals surface area contributed by atoms with Gasteiger partial charge in [0.05, 0.1) is 5.69 Å². The van der Waals surface area contributed by atoms with Crippen molar-refractivity contribution in [3.63, 3.8) is 0 Å². The van der Waals surface area contributed by atoms with Gasteiger partial charge < -0.3 is 15.0 Å². The van der Waals surface area contributed by atoms with Crippen LogP contribution in [0.15, 0.2) is 30.3 Å². The molecule has 0 radical (unpaired) electrons. The Labute approximate surface area is 136 Å². The van der Waals surface area contributed by atoms with E-state index in [1.165, 1.54) is 30.3 Å². The first-order chi connectivity index (χ1) is 11.0. The van der Waals surface area contributed by atoms with Crippen LogP contribution in [0, 0.1) is 20.8 Å². The molecule has 1 heterocycles. The number of carbonyl (C=O) groups excluding carboxylic acids is 1. The molecular formula is C19H22N2O2. The smallest absolute Gasteiger partial charge is 0.248 e. The normalized spacial score (nSPS) is 14.4. The van der Waals surface area contributed by atoms with Gasteiger partial charge in [0.2, 0.25) is 5.91 Å². The van der Waals surface area contributed by atoms with Crippen molar-refractivity contribution in [2.45, 2.75) is 39.7 Å². The van der Waals surface area contributed by atoms with Crippen molar-refractivity contribution in [2.75, 3.05) is 5.32 Å². The molecule has 120 valence electrons. The molecule has 23 heavy (non-hydrogen) atoms. The zero-order chi connectivity index (χ0) is 16.6. The third-order valence-electron chi connectivity index (χ3n) is 4.26. The van der Waals surface area contributed by atoms with E-state index in [9.17, 15) is 9.90 Å². The van der Waals surface area contributed by atoms with Gasteiger partial charge in [-0.1, -0.05) is 6.07 Å². The predicted octanol–water partition coefficient (Wildman–Crippen LogP) is 4.11. The number of aryl methyl sites for hydroxylation is 2. The van der Waals surface area contributed by atoms with Crippen molar-refractivity contribution in [1.29, 1.82) is 0 Å². The van der Waals surface area contributed by atoms with Crippen LogP contribution in [-0.2, 0) is 4.79 Å². The largest absolute Gasteiger partial charge is 0.506 e. The molecule has 0 spiro atoms. The quantitative estimate of drug-likeness (QED) is 0.659. The minimum absolute atomic E-state index is 0.0821. The number of nitrogens with zero attached hydrogens (tertiary/aromatic N) is 1. The second-order valence-electron chi connectivity index (χ2n) is 6.27. The highest BCUT2D eigenvalue weighted by atomic mass is 16.3. The Hall–Kier alpha value is -2.49. The summed E-state index contributed by atoms with van der Waals surface area (Å²) < 4.78 is 2.35. The van der Waals surface area contributed by atoms with Crippen molar-refractivity contribution in [2.24, 2.45) is 0 Å². The van der Waals surface area contributed by atoms with Crippen LogP contribution in [0.1, 0.15) is 41.4 Å². The van der Waals surface area contributed by atoms with Crippen LogP contribution in [0.4, 0.5) is 5.69 Å². The molecule has 0 saturated heterocycles. The summed E-state index contributed by atoms with van der Waals surface area (Å²) in [5.41, 5.74) is 4.88. The third-order valence-corrected chi connectivity index (χ3v) is 4.26. The van der Waals surface area contributed by atoms with Crippen LogP contribution in [0.5, 0.6) is 5.75 Å². The maximum absolute atomic E-state index is 12.1. The van der Waals surface area contributed by atoms with E-state index in [2.05, 4.69) is 29.8 Å². The first-order valence-corrected chi connectivity index (χ1v) is 7.93. The maximum Gasteiger partial charge on any atom is 0.248 e. The molecule has 3 rings (SSSR count). The van der Waals surface area contributed by atoms with E-state index in [1.807, 2.05) is 19.1 Å². The fraction of sp³-hybridized carbons (Fsp3) is 0.316. The van der Waals surface area contributed by atoms with Crippen molar-refractivity contribution in [3.05, 3.63) is 52.9 Å². The minimum Gasteiger partial charge on any atom is -0.506 e. The van der Waals surface area contributed by atoms with Crippen LogP contribution >= 0.6 is 0 Å². The Morgan fingerprint density at radius 1 is 1.26 bits per heavy atom. The molecule has 1 aromatic carbocycles. The molecule has 2 N–H and O–H groups in total. The van der Waals surface area contributed by atoms with Crippen molar-refractivity contribution >= 4 is 17.7 Å². The number of hydrogen-bond acceptors (Lipinski definition) is 2. The molecule has 1 fully saturated rings. The minimum atomic E-state index is -0.250. The van der Waals surface area contributed by atoms with E-state index in [-0.39, 0.29) is 11.7 Å². The molecule has 1 amide bonds. The summed E-state index contributed by atoms with van der Waals surface area (Å²) in [5, 5.41) is 12.5. The highest BCUT2D eigenvalue weighted by Gasteiger charge is 2.26. The fourth-order valence-corrected chi connectivity index (χ4v) is 2.95. The number of phenols is 1. The van der Waals surface area contributed by atoms with Crippen LogP contribution in [-0.4, -0.2) is 15.6 Å². The summed E-state index contributed by atoms with van der Waals surface area (Å²) in [7, 11) is 0. The molecule has 0 bridgehead atoms. The molecule has 4 nitrogen and oxygen atoms in total. The van der Waals surface area contributed by atoms with Gasteiger partial charge in [0, 0.05) is 23.5 Å². The zero-order valence-electron chi connectivity index (χ0n) is 13.8. The number of nitrogens with one attached hydrogen (secondary N) is 1. The summed E-state index contributed by atoms with van der Waals surface area (Å²) in [5.74, 6) is -0.168. The topological polar surface area (TPSA) is 54.3 Å². The van der Waals surface area contributed by atoms with Gasteiger partial charge in [-0.15, -0.1) is 0 Å². The van der Waals surface area contributed by atoms with Crippen LogP contribution in [0.25, 0.3) is 6.08 Å². The zero-order valence-corrected chi connectivity index (χ0v) is 13.8. The highest BCUT2D eigenvalue weighted by Crippen LogP contribution is 2.38. The summed E-state index contributed by atoms with van der Waals surface area (Å²) in [6.07, 6.45) is 5.83. The lowest BCUT2D eigenvalue weighted by molar-refractivity contribution is -0.111. The molecule has 0 unspecified atom stereocenters. The first-order valence-electron chi connectivity index (χ1n) is 7.93. The molecule has 0 aliphatic heterocycles. The van der Waals surface area contributed by atoms with E-state index in [0.717, 1.165) is 11.1 Å². The van der Waals surface area contributed by atoms with Gasteiger partial charge >= 0.3 is 0 Å². The van der Waals surface area contributed by atoms with Gasteiger partial charge in [-0.2, -0.15) is 0 Å². The number of benzene rings is 1. The number of anilines is 1. The highest BCUT2D eigenvalue weighted by molar-refractivity contribution is 6.02. The third kappa shape index (κ3) is 3.31. The Kier molecular flexibility index (Phi) is 3.99. The van der Waals surface area contributed by atoms with E-state index in [4.69, 9.17) is 0 Å². The average molecular weight is 310 g/mol. The van der Waals surface area contributed by atoms with Gasteiger partial charge in [0.15, 0.2) is 0 Å². The number of aromatic nitrogens is 1. The van der Waals surface area contributed by atoms with E-state index in [1.54, 1.807) is 12.1 Å². The summed E-state index contributed by atoms with van der Waals surface area (Å²) in [6, 6.07) is 7.93. The summed E-state index contributed by atoms with van der Waals surface area (Å²) in [4.78, 5) is 12.1. The van der Waals surface area contributed by atoms with Gasteiger partial charge in [-0.25, -0.2) is 0 Å². The van der Waals surface area contributed by atoms with Crippen molar-refractivity contribution < 1.29 is 9.90 Å². The Morgan fingerprint density at radius 2 is 2.00 bits per heavy atom. The van der Waals surface area contributed by atoms with Crippen LogP contribution in [0.3, 0.4) is 0 Å². The predicted molar refractivity (Wildman–Crippen MR) is 92.7 cm³/mol. The SMILES string of the molecule is Cc1ccc(NC(=O)/C=C/c2cc(C)n(C3CC3)c2C)c(O)c1. The lowest BCUT2D eigenvalue weighted by Gasteiger charge is -2.07. The van der Waals surface area contributed by atoms with Gasteiger partial charge in [0.1, 0.15) is 5.75 Å². The van der Waals surface area contributed by atoms with Crippen molar-refractivity contribution in [3.8, 4) is 5.75 Å². The average Bonchev–Trinajstić information content (AvgIpc) is 3.27. The van der Waals surface area contributed by atoms with Crippen molar-refractivity contribution in [1.82, 2.24) is 4.57 Å². The number of rotatable bonds is 4. The lowest BCUT2D eigenvalue weighted by Crippen LogP contribution is -2.07. The molecule has 1 aromatic heterocycles. The van der Waals surface area contributed by atoms with Gasteiger partial charge in [-0.05, 0) is 69.0 Å². The number of carbonyl (C=O) groups is 1. The van der Waals surface area contributed by atoms with Crippen LogP contribution in [0.2, 0.25) is 0 Å². The summed E-state index contributed by atoms with van der Waals surface area (Å²) >= 11 is 0. The molecular weight excluding hydrogens is 288 g/mol. The Morgan fingerprint density at radius 3 is 2.65 bits per heavy atom. The monoisotopic (exact) mass is 310 g/mol. The lowest BCUT2D eigenvalue weighted by atomic mass is 10.2.